The summed E-state index contributed by atoms with van der Waals surface area (Å²) in [5.74, 6) is -1.17. The monoisotopic (exact) mass is 456 g/mol. The summed E-state index contributed by atoms with van der Waals surface area (Å²) in [6.45, 7) is 3.31. The standard InChI is InChI=1S/C23H25ClN4O2S/c1-31-21-5-3-2-4-18(21)15-28-10-8-16(9-11-28)14-26-22(29)23(30)27-20-12-19(24)7-6-17(20)13-25/h2-7,12,16H,8-11,14-15H2,1H3,(H,26,29)(H,27,30). The molecule has 2 amide bonds. The number of nitriles is 1. The summed E-state index contributed by atoms with van der Waals surface area (Å²) in [7, 11) is 0. The minimum Gasteiger partial charge on any atom is -0.348 e. The van der Waals surface area contributed by atoms with E-state index in [-0.39, 0.29) is 11.3 Å². The number of rotatable bonds is 6. The molecule has 1 aliphatic heterocycles. The highest BCUT2D eigenvalue weighted by Crippen LogP contribution is 2.24. The number of anilines is 1. The molecular weight excluding hydrogens is 432 g/mol. The number of piperidine rings is 1. The number of carbonyl (C=O) groups is 2. The van der Waals surface area contributed by atoms with Crippen LogP contribution in [0.1, 0.15) is 24.0 Å². The van der Waals surface area contributed by atoms with Gasteiger partial charge in [-0.05, 0) is 67.9 Å². The first-order valence-corrected chi connectivity index (χ1v) is 11.7. The van der Waals surface area contributed by atoms with E-state index in [1.165, 1.54) is 22.6 Å². The van der Waals surface area contributed by atoms with Gasteiger partial charge in [0, 0.05) is 23.0 Å². The molecule has 0 radical (unpaired) electrons. The molecule has 0 unspecified atom stereocenters. The van der Waals surface area contributed by atoms with Gasteiger partial charge in [0.2, 0.25) is 0 Å². The summed E-state index contributed by atoms with van der Waals surface area (Å²) in [5, 5.41) is 14.7. The Morgan fingerprint density at radius 2 is 1.94 bits per heavy atom. The van der Waals surface area contributed by atoms with Gasteiger partial charge < -0.3 is 10.6 Å². The van der Waals surface area contributed by atoms with E-state index in [0.717, 1.165) is 32.5 Å². The number of likely N-dealkylation sites (tertiary alicyclic amines) is 1. The van der Waals surface area contributed by atoms with E-state index >= 15 is 0 Å². The molecule has 0 aliphatic carbocycles. The van der Waals surface area contributed by atoms with Gasteiger partial charge in [-0.3, -0.25) is 14.5 Å². The summed E-state index contributed by atoms with van der Waals surface area (Å²) in [6, 6.07) is 14.9. The van der Waals surface area contributed by atoms with Gasteiger partial charge >= 0.3 is 11.8 Å². The molecule has 0 aromatic heterocycles. The number of benzene rings is 2. The maximum absolute atomic E-state index is 12.2. The van der Waals surface area contributed by atoms with E-state index in [1.807, 2.05) is 6.07 Å². The van der Waals surface area contributed by atoms with Gasteiger partial charge in [0.15, 0.2) is 0 Å². The zero-order valence-electron chi connectivity index (χ0n) is 17.4. The van der Waals surface area contributed by atoms with Crippen molar-refractivity contribution in [3.8, 4) is 6.07 Å². The van der Waals surface area contributed by atoms with Gasteiger partial charge in [-0.1, -0.05) is 29.8 Å². The SMILES string of the molecule is CSc1ccccc1CN1CCC(CNC(=O)C(=O)Nc2cc(Cl)ccc2C#N)CC1. The molecule has 2 aromatic carbocycles. The minimum atomic E-state index is -0.801. The van der Waals surface area contributed by atoms with Crippen molar-refractivity contribution < 1.29 is 9.59 Å². The second-order valence-electron chi connectivity index (χ2n) is 7.50. The number of thioether (sulfide) groups is 1. The fraction of sp³-hybridized carbons (Fsp3) is 0.348. The molecule has 0 saturated carbocycles. The third-order valence-corrected chi connectivity index (χ3v) is 6.47. The maximum Gasteiger partial charge on any atom is 0.313 e. The molecular formula is C23H25ClN4O2S. The number of amides is 2. The molecule has 1 saturated heterocycles. The Balaban J connectivity index is 1.44. The lowest BCUT2D eigenvalue weighted by molar-refractivity contribution is -0.136. The molecule has 162 valence electrons. The fourth-order valence-corrected chi connectivity index (χ4v) is 4.42. The van der Waals surface area contributed by atoms with Gasteiger partial charge in [-0.25, -0.2) is 0 Å². The third-order valence-electron chi connectivity index (χ3n) is 5.40. The van der Waals surface area contributed by atoms with E-state index in [4.69, 9.17) is 16.9 Å². The molecule has 1 fully saturated rings. The smallest absolute Gasteiger partial charge is 0.313 e. The van der Waals surface area contributed by atoms with Crippen molar-refractivity contribution in [3.05, 3.63) is 58.6 Å². The average molecular weight is 457 g/mol. The Hall–Kier alpha value is -2.53. The van der Waals surface area contributed by atoms with Crippen LogP contribution in [0.5, 0.6) is 0 Å². The molecule has 0 spiro atoms. The van der Waals surface area contributed by atoms with E-state index in [1.54, 1.807) is 17.8 Å². The highest BCUT2D eigenvalue weighted by molar-refractivity contribution is 7.98. The van der Waals surface area contributed by atoms with Crippen LogP contribution >= 0.6 is 23.4 Å². The van der Waals surface area contributed by atoms with Crippen LogP contribution in [0.4, 0.5) is 5.69 Å². The number of hydrogen-bond donors (Lipinski definition) is 2. The lowest BCUT2D eigenvalue weighted by Gasteiger charge is -2.32. The normalized spacial score (nSPS) is 14.6. The van der Waals surface area contributed by atoms with Crippen LogP contribution in [0.15, 0.2) is 47.4 Å². The summed E-state index contributed by atoms with van der Waals surface area (Å²) in [4.78, 5) is 28.1. The molecule has 1 heterocycles. The zero-order chi connectivity index (χ0) is 22.2. The second kappa shape index (κ2) is 11.2. The first-order valence-electron chi connectivity index (χ1n) is 10.1. The predicted octanol–water partition coefficient (Wildman–Crippen LogP) is 3.90. The summed E-state index contributed by atoms with van der Waals surface area (Å²) in [6.07, 6.45) is 4.03. The molecule has 2 N–H and O–H groups in total. The quantitative estimate of drug-likeness (QED) is 0.508. The summed E-state index contributed by atoms with van der Waals surface area (Å²) < 4.78 is 0. The molecule has 1 aliphatic rings. The number of halogens is 1. The Labute approximate surface area is 191 Å². The van der Waals surface area contributed by atoms with Gasteiger partial charge in [0.05, 0.1) is 11.3 Å². The van der Waals surface area contributed by atoms with Crippen LogP contribution in [-0.4, -0.2) is 42.6 Å². The first kappa shape index (κ1) is 23.1. The van der Waals surface area contributed by atoms with Crippen molar-refractivity contribution in [1.29, 1.82) is 5.26 Å². The van der Waals surface area contributed by atoms with Crippen LogP contribution in [0.3, 0.4) is 0 Å². The van der Waals surface area contributed by atoms with Crippen LogP contribution in [-0.2, 0) is 16.1 Å². The number of carbonyl (C=O) groups excluding carboxylic acids is 2. The van der Waals surface area contributed by atoms with E-state index in [2.05, 4.69) is 46.1 Å². The average Bonchev–Trinajstić information content (AvgIpc) is 2.79. The van der Waals surface area contributed by atoms with Gasteiger partial charge in [0.25, 0.3) is 0 Å². The summed E-state index contributed by atoms with van der Waals surface area (Å²) >= 11 is 7.68. The lowest BCUT2D eigenvalue weighted by atomic mass is 9.96. The van der Waals surface area contributed by atoms with E-state index < -0.39 is 11.8 Å². The predicted molar refractivity (Wildman–Crippen MR) is 124 cm³/mol. The van der Waals surface area contributed by atoms with Crippen LogP contribution < -0.4 is 10.6 Å². The first-order chi connectivity index (χ1) is 15.0. The molecule has 2 aromatic rings. The molecule has 8 heteroatoms. The fourth-order valence-electron chi connectivity index (χ4n) is 3.64. The Morgan fingerprint density at radius 3 is 2.65 bits per heavy atom. The Morgan fingerprint density at radius 1 is 1.19 bits per heavy atom. The van der Waals surface area contributed by atoms with Crippen LogP contribution in [0, 0.1) is 17.2 Å². The summed E-state index contributed by atoms with van der Waals surface area (Å²) in [5.41, 5.74) is 1.83. The van der Waals surface area contributed by atoms with Gasteiger partial charge in [0.1, 0.15) is 6.07 Å². The molecule has 0 atom stereocenters. The third kappa shape index (κ3) is 6.47. The van der Waals surface area contributed by atoms with Gasteiger partial charge in [-0.15, -0.1) is 11.8 Å². The van der Waals surface area contributed by atoms with Crippen LogP contribution in [0.25, 0.3) is 0 Å². The lowest BCUT2D eigenvalue weighted by Crippen LogP contribution is -2.41. The van der Waals surface area contributed by atoms with Crippen molar-refractivity contribution in [1.82, 2.24) is 10.2 Å². The highest BCUT2D eigenvalue weighted by Gasteiger charge is 2.22. The minimum absolute atomic E-state index is 0.231. The highest BCUT2D eigenvalue weighted by atomic mass is 35.5. The van der Waals surface area contributed by atoms with Crippen molar-refractivity contribution in [2.24, 2.45) is 5.92 Å². The number of nitrogens with zero attached hydrogens (tertiary/aromatic N) is 2. The number of nitrogens with one attached hydrogen (secondary N) is 2. The molecule has 0 bridgehead atoms. The van der Waals surface area contributed by atoms with Crippen molar-refractivity contribution in [2.45, 2.75) is 24.3 Å². The maximum atomic E-state index is 12.2. The Bertz CT molecular complexity index is 984. The second-order valence-corrected chi connectivity index (χ2v) is 8.78. The van der Waals surface area contributed by atoms with Crippen molar-refractivity contribution in [3.63, 3.8) is 0 Å². The number of hydrogen-bond acceptors (Lipinski definition) is 5. The van der Waals surface area contributed by atoms with E-state index in [0.29, 0.717) is 17.5 Å². The topological polar surface area (TPSA) is 85.2 Å². The van der Waals surface area contributed by atoms with Crippen molar-refractivity contribution in [2.75, 3.05) is 31.2 Å². The van der Waals surface area contributed by atoms with E-state index in [9.17, 15) is 9.59 Å². The zero-order valence-corrected chi connectivity index (χ0v) is 18.9. The molecule has 6 nitrogen and oxygen atoms in total. The van der Waals surface area contributed by atoms with Gasteiger partial charge in [-0.2, -0.15) is 5.26 Å². The molecule has 3 rings (SSSR count). The molecule has 31 heavy (non-hydrogen) atoms. The van der Waals surface area contributed by atoms with Crippen LogP contribution in [0.2, 0.25) is 5.02 Å². The van der Waals surface area contributed by atoms with Crippen molar-refractivity contribution >= 4 is 40.9 Å². The Kier molecular flexibility index (Phi) is 8.35. The largest absolute Gasteiger partial charge is 0.348 e.